The second kappa shape index (κ2) is 4.89. The summed E-state index contributed by atoms with van der Waals surface area (Å²) in [4.78, 5) is 12.2. The third-order valence-corrected chi connectivity index (χ3v) is 6.28. The largest absolute Gasteiger partial charge is 0.351 e. The third kappa shape index (κ3) is 2.41. The molecule has 0 radical (unpaired) electrons. The van der Waals surface area contributed by atoms with Crippen LogP contribution < -0.4 is 5.32 Å². The zero-order valence-corrected chi connectivity index (χ0v) is 13.0. The van der Waals surface area contributed by atoms with Crippen molar-refractivity contribution >= 4 is 5.91 Å². The molecular weight excluding hydrogens is 260 g/mol. The van der Waals surface area contributed by atoms with Crippen molar-refractivity contribution in [3.8, 4) is 0 Å². The first-order valence-electron chi connectivity index (χ1n) is 8.53. The molecule has 4 bridgehead atoms. The topological polar surface area (TPSA) is 34.0 Å². The van der Waals surface area contributed by atoms with Crippen LogP contribution in [0.15, 0.2) is 18.3 Å². The lowest BCUT2D eigenvalue weighted by atomic mass is 9.49. The fourth-order valence-electron chi connectivity index (χ4n) is 5.82. The summed E-state index contributed by atoms with van der Waals surface area (Å²) in [5.41, 5.74) is 1.33. The normalized spacial score (nSPS) is 36.9. The Balaban J connectivity index is 1.35. The molecule has 3 heteroatoms. The van der Waals surface area contributed by atoms with Gasteiger partial charge in [0.2, 0.25) is 0 Å². The lowest BCUT2D eigenvalue weighted by Crippen LogP contribution is -2.47. The van der Waals surface area contributed by atoms with Gasteiger partial charge in [-0.2, -0.15) is 0 Å². The van der Waals surface area contributed by atoms with Gasteiger partial charge < -0.3 is 9.88 Å². The summed E-state index contributed by atoms with van der Waals surface area (Å²) in [7, 11) is 1.92. The summed E-state index contributed by atoms with van der Waals surface area (Å²) < 4.78 is 1.89. The van der Waals surface area contributed by atoms with Gasteiger partial charge in [-0.15, -0.1) is 0 Å². The first-order chi connectivity index (χ1) is 10.1. The van der Waals surface area contributed by atoms with Crippen LogP contribution in [0.1, 0.15) is 55.4 Å². The van der Waals surface area contributed by atoms with E-state index in [1.807, 2.05) is 29.9 Å². The van der Waals surface area contributed by atoms with Gasteiger partial charge in [-0.05, 0) is 80.2 Å². The van der Waals surface area contributed by atoms with Crippen molar-refractivity contribution in [3.63, 3.8) is 0 Å². The molecule has 5 rings (SSSR count). The molecule has 1 aromatic rings. The minimum absolute atomic E-state index is 0.0761. The molecule has 4 fully saturated rings. The van der Waals surface area contributed by atoms with Gasteiger partial charge in [-0.1, -0.05) is 0 Å². The fourth-order valence-corrected chi connectivity index (χ4v) is 5.82. The van der Waals surface area contributed by atoms with Crippen molar-refractivity contribution in [1.82, 2.24) is 9.88 Å². The minimum atomic E-state index is 0.0761. The van der Waals surface area contributed by atoms with Crippen molar-refractivity contribution < 1.29 is 4.79 Å². The molecule has 1 heterocycles. The number of aromatic nitrogens is 1. The summed E-state index contributed by atoms with van der Waals surface area (Å²) in [6, 6.07) is 3.81. The predicted molar refractivity (Wildman–Crippen MR) is 83.0 cm³/mol. The van der Waals surface area contributed by atoms with Crippen molar-refractivity contribution in [1.29, 1.82) is 0 Å². The maximum absolute atomic E-state index is 12.2. The molecule has 0 aliphatic heterocycles. The van der Waals surface area contributed by atoms with Gasteiger partial charge in [-0.25, -0.2) is 0 Å². The highest BCUT2D eigenvalue weighted by Gasteiger charge is 2.50. The molecule has 3 nitrogen and oxygen atoms in total. The highest BCUT2D eigenvalue weighted by Crippen LogP contribution is 2.61. The van der Waals surface area contributed by atoms with E-state index >= 15 is 0 Å². The second-order valence-corrected chi connectivity index (χ2v) is 7.93. The molecule has 1 amide bonds. The van der Waals surface area contributed by atoms with Crippen LogP contribution in [0.5, 0.6) is 0 Å². The molecule has 0 aromatic carbocycles. The number of amides is 1. The molecule has 21 heavy (non-hydrogen) atoms. The number of nitrogens with zero attached hydrogens (tertiary/aromatic N) is 1. The molecule has 0 unspecified atom stereocenters. The van der Waals surface area contributed by atoms with Crippen LogP contribution in [0, 0.1) is 23.2 Å². The van der Waals surface area contributed by atoms with E-state index in [2.05, 4.69) is 5.32 Å². The molecule has 0 atom stereocenters. The van der Waals surface area contributed by atoms with Crippen LogP contribution in [0.3, 0.4) is 0 Å². The molecule has 4 saturated carbocycles. The van der Waals surface area contributed by atoms with E-state index in [0.29, 0.717) is 5.41 Å². The summed E-state index contributed by atoms with van der Waals surface area (Å²) in [6.45, 7) is 0.843. The van der Waals surface area contributed by atoms with Gasteiger partial charge in [0.15, 0.2) is 0 Å². The number of carbonyl (C=O) groups excluding carboxylic acids is 1. The van der Waals surface area contributed by atoms with Crippen LogP contribution in [0.25, 0.3) is 0 Å². The number of rotatable bonds is 4. The Labute approximate surface area is 127 Å². The predicted octanol–water partition coefficient (Wildman–Crippen LogP) is 3.36. The lowest BCUT2D eigenvalue weighted by Gasteiger charge is -2.57. The molecule has 0 saturated heterocycles. The Morgan fingerprint density at radius 3 is 2.38 bits per heavy atom. The monoisotopic (exact) mass is 286 g/mol. The molecule has 1 N–H and O–H groups in total. The highest BCUT2D eigenvalue weighted by molar-refractivity contribution is 5.92. The summed E-state index contributed by atoms with van der Waals surface area (Å²) >= 11 is 0. The molecule has 1 aromatic heterocycles. The van der Waals surface area contributed by atoms with Crippen LogP contribution in [-0.2, 0) is 7.05 Å². The average Bonchev–Trinajstić information content (AvgIpc) is 2.83. The second-order valence-electron chi connectivity index (χ2n) is 7.93. The molecule has 4 aliphatic carbocycles. The van der Waals surface area contributed by atoms with Gasteiger partial charge in [0.25, 0.3) is 5.91 Å². The SMILES string of the molecule is Cn1cccc1C(=O)NCCC12CC3CC(CC(C3)C1)C2. The third-order valence-electron chi connectivity index (χ3n) is 6.28. The zero-order chi connectivity index (χ0) is 14.4. The van der Waals surface area contributed by atoms with Crippen LogP contribution in [0.2, 0.25) is 0 Å². The number of carbonyl (C=O) groups is 1. The van der Waals surface area contributed by atoms with E-state index < -0.39 is 0 Å². The van der Waals surface area contributed by atoms with Crippen LogP contribution >= 0.6 is 0 Å². The van der Waals surface area contributed by atoms with E-state index in [-0.39, 0.29) is 5.91 Å². The van der Waals surface area contributed by atoms with E-state index in [9.17, 15) is 4.79 Å². The first kappa shape index (κ1) is 13.4. The van der Waals surface area contributed by atoms with Gasteiger partial charge >= 0.3 is 0 Å². The number of hydrogen-bond acceptors (Lipinski definition) is 1. The zero-order valence-electron chi connectivity index (χ0n) is 13.0. The van der Waals surface area contributed by atoms with Crippen molar-refractivity contribution in [2.75, 3.05) is 6.54 Å². The lowest BCUT2D eigenvalue weighted by molar-refractivity contribution is -0.0564. The Morgan fingerprint density at radius 2 is 1.86 bits per heavy atom. The summed E-state index contributed by atoms with van der Waals surface area (Å²) in [6.07, 6.45) is 11.9. The Hall–Kier alpha value is -1.25. The maximum Gasteiger partial charge on any atom is 0.267 e. The number of hydrogen-bond donors (Lipinski definition) is 1. The van der Waals surface area contributed by atoms with Gasteiger partial charge in [-0.3, -0.25) is 4.79 Å². The molecule has 0 spiro atoms. The average molecular weight is 286 g/mol. The van der Waals surface area contributed by atoms with E-state index in [1.165, 1.54) is 44.9 Å². The molecule has 4 aliphatic rings. The van der Waals surface area contributed by atoms with Gasteiger partial charge in [0.05, 0.1) is 0 Å². The Kier molecular flexibility index (Phi) is 3.13. The Bertz CT molecular complexity index is 510. The summed E-state index contributed by atoms with van der Waals surface area (Å²) in [5.74, 6) is 3.08. The smallest absolute Gasteiger partial charge is 0.267 e. The number of aryl methyl sites for hydroxylation is 1. The Morgan fingerprint density at radius 1 is 1.24 bits per heavy atom. The fraction of sp³-hybridized carbons (Fsp3) is 0.722. The van der Waals surface area contributed by atoms with E-state index in [0.717, 1.165) is 30.0 Å². The van der Waals surface area contributed by atoms with Gasteiger partial charge in [0, 0.05) is 19.8 Å². The maximum atomic E-state index is 12.2. The summed E-state index contributed by atoms with van der Waals surface area (Å²) in [5, 5.41) is 3.14. The molecule has 114 valence electrons. The number of nitrogens with one attached hydrogen (secondary N) is 1. The molecular formula is C18H26N2O. The van der Waals surface area contributed by atoms with Crippen LogP contribution in [-0.4, -0.2) is 17.0 Å². The van der Waals surface area contributed by atoms with E-state index in [1.54, 1.807) is 0 Å². The minimum Gasteiger partial charge on any atom is -0.351 e. The highest BCUT2D eigenvalue weighted by atomic mass is 16.1. The van der Waals surface area contributed by atoms with Crippen molar-refractivity contribution in [2.45, 2.75) is 44.9 Å². The van der Waals surface area contributed by atoms with E-state index in [4.69, 9.17) is 0 Å². The van der Waals surface area contributed by atoms with Crippen molar-refractivity contribution in [3.05, 3.63) is 24.0 Å². The van der Waals surface area contributed by atoms with Gasteiger partial charge in [0.1, 0.15) is 5.69 Å². The van der Waals surface area contributed by atoms with Crippen LogP contribution in [0.4, 0.5) is 0 Å². The standard InChI is InChI=1S/C18H26N2O/c1-20-6-2-3-16(20)17(21)19-5-4-18-10-13-7-14(11-18)9-15(8-13)12-18/h2-3,6,13-15H,4-5,7-12H2,1H3,(H,19,21). The van der Waals surface area contributed by atoms with Crippen molar-refractivity contribution in [2.24, 2.45) is 30.2 Å². The first-order valence-corrected chi connectivity index (χ1v) is 8.53. The quantitative estimate of drug-likeness (QED) is 0.904.